The molecule has 0 spiro atoms. The summed E-state index contributed by atoms with van der Waals surface area (Å²) in [6.07, 6.45) is 0. The highest BCUT2D eigenvalue weighted by Crippen LogP contribution is 2.33. The third-order valence-corrected chi connectivity index (χ3v) is 3.43. The summed E-state index contributed by atoms with van der Waals surface area (Å²) >= 11 is 0. The molecule has 3 rings (SSSR count). The molecule has 0 aliphatic carbocycles. The molecule has 2 aromatic carbocycles. The molecule has 0 bridgehead atoms. The summed E-state index contributed by atoms with van der Waals surface area (Å²) in [6.45, 7) is 0. The molecular formula is C17H12N4. The van der Waals surface area contributed by atoms with Gasteiger partial charge in [-0.05, 0) is 11.6 Å². The summed E-state index contributed by atoms with van der Waals surface area (Å²) in [5.41, 5.74) is 3.12. The molecule has 1 aliphatic rings. The maximum absolute atomic E-state index is 9.07. The zero-order valence-electron chi connectivity index (χ0n) is 11.2. The monoisotopic (exact) mass is 272 g/mol. The lowest BCUT2D eigenvalue weighted by Crippen LogP contribution is -2.32. The van der Waals surface area contributed by atoms with Gasteiger partial charge in [0.2, 0.25) is 0 Å². The average molecular weight is 272 g/mol. The molecule has 0 saturated carbocycles. The Labute approximate surface area is 123 Å². The van der Waals surface area contributed by atoms with Gasteiger partial charge >= 0.3 is 0 Å². The number of fused-ring (bicyclic) bond motifs is 1. The lowest BCUT2D eigenvalue weighted by molar-refractivity contribution is 0.675. The Balaban J connectivity index is 2.14. The molecule has 21 heavy (non-hydrogen) atoms. The molecule has 1 heterocycles. The Kier molecular flexibility index (Phi) is 3.29. The number of allylic oxidation sites excluding steroid dienone is 1. The number of nitriles is 2. The van der Waals surface area contributed by atoms with E-state index in [1.54, 1.807) is 0 Å². The third-order valence-electron chi connectivity index (χ3n) is 3.43. The van der Waals surface area contributed by atoms with E-state index in [1.165, 1.54) is 0 Å². The number of hydrogen-bond donors (Lipinski definition) is 2. The van der Waals surface area contributed by atoms with Crippen molar-refractivity contribution in [1.82, 2.24) is 5.32 Å². The zero-order chi connectivity index (χ0) is 14.7. The summed E-state index contributed by atoms with van der Waals surface area (Å²) in [7, 11) is 0. The minimum Gasteiger partial charge on any atom is -0.359 e. The van der Waals surface area contributed by atoms with E-state index >= 15 is 0 Å². The molecule has 2 aromatic rings. The van der Waals surface area contributed by atoms with Crippen molar-refractivity contribution in [3.05, 3.63) is 77.1 Å². The number of nitrogens with zero attached hydrogens (tertiary/aromatic N) is 2. The standard InChI is InChI=1S/C17H12N4/c18-10-13(11-19)17-20-15-9-5-4-8-14(15)16(21-17)12-6-2-1-3-7-12/h1-9,16,20-21H/t16-/m0/s1. The van der Waals surface area contributed by atoms with E-state index in [-0.39, 0.29) is 11.6 Å². The van der Waals surface area contributed by atoms with Gasteiger partial charge in [0, 0.05) is 11.3 Å². The molecular weight excluding hydrogens is 260 g/mol. The summed E-state index contributed by atoms with van der Waals surface area (Å²) in [5.74, 6) is 0.451. The van der Waals surface area contributed by atoms with Crippen molar-refractivity contribution in [1.29, 1.82) is 10.5 Å². The van der Waals surface area contributed by atoms with Crippen LogP contribution in [0, 0.1) is 22.7 Å². The SMILES string of the molecule is N#CC(C#N)=C1Nc2ccccc2[C@H](c2ccccc2)N1. The van der Waals surface area contributed by atoms with Crippen LogP contribution >= 0.6 is 0 Å². The van der Waals surface area contributed by atoms with E-state index < -0.39 is 0 Å². The van der Waals surface area contributed by atoms with Crippen LogP contribution in [0.1, 0.15) is 17.2 Å². The predicted molar refractivity (Wildman–Crippen MR) is 79.7 cm³/mol. The van der Waals surface area contributed by atoms with Gasteiger partial charge in [0.15, 0.2) is 5.57 Å². The average Bonchev–Trinajstić information content (AvgIpc) is 2.56. The van der Waals surface area contributed by atoms with E-state index in [4.69, 9.17) is 10.5 Å². The molecule has 0 radical (unpaired) electrons. The number of para-hydroxylation sites is 1. The van der Waals surface area contributed by atoms with Crippen LogP contribution in [-0.4, -0.2) is 0 Å². The van der Waals surface area contributed by atoms with Crippen molar-refractivity contribution in [2.24, 2.45) is 0 Å². The molecule has 1 aliphatic heterocycles. The van der Waals surface area contributed by atoms with Crippen LogP contribution in [0.25, 0.3) is 0 Å². The molecule has 0 unspecified atom stereocenters. The fourth-order valence-electron chi connectivity index (χ4n) is 2.44. The second-order valence-corrected chi connectivity index (χ2v) is 4.67. The Morgan fingerprint density at radius 3 is 2.29 bits per heavy atom. The maximum atomic E-state index is 9.07. The van der Waals surface area contributed by atoms with Gasteiger partial charge < -0.3 is 10.6 Å². The van der Waals surface area contributed by atoms with Crippen molar-refractivity contribution in [2.75, 3.05) is 5.32 Å². The zero-order valence-corrected chi connectivity index (χ0v) is 11.2. The van der Waals surface area contributed by atoms with E-state index in [0.717, 1.165) is 16.8 Å². The smallest absolute Gasteiger partial charge is 0.169 e. The Morgan fingerprint density at radius 2 is 1.57 bits per heavy atom. The summed E-state index contributed by atoms with van der Waals surface area (Å²) in [6, 6.07) is 21.6. The van der Waals surface area contributed by atoms with Gasteiger partial charge in [-0.25, -0.2) is 0 Å². The van der Waals surface area contributed by atoms with Crippen LogP contribution in [0.5, 0.6) is 0 Å². The molecule has 0 aromatic heterocycles. The first-order chi connectivity index (χ1) is 10.3. The second kappa shape index (κ2) is 5.40. The molecule has 0 fully saturated rings. The van der Waals surface area contributed by atoms with Gasteiger partial charge in [-0.3, -0.25) is 0 Å². The highest BCUT2D eigenvalue weighted by Gasteiger charge is 2.25. The van der Waals surface area contributed by atoms with Gasteiger partial charge in [0.1, 0.15) is 18.0 Å². The summed E-state index contributed by atoms with van der Waals surface area (Å²) in [5, 5.41) is 24.5. The lowest BCUT2D eigenvalue weighted by Gasteiger charge is -2.31. The van der Waals surface area contributed by atoms with Gasteiger partial charge in [-0.15, -0.1) is 0 Å². The van der Waals surface area contributed by atoms with Crippen molar-refractivity contribution in [2.45, 2.75) is 6.04 Å². The van der Waals surface area contributed by atoms with E-state index in [2.05, 4.69) is 10.6 Å². The van der Waals surface area contributed by atoms with Gasteiger partial charge in [0.25, 0.3) is 0 Å². The van der Waals surface area contributed by atoms with Crippen LogP contribution in [0.3, 0.4) is 0 Å². The third kappa shape index (κ3) is 2.31. The highest BCUT2D eigenvalue weighted by molar-refractivity contribution is 5.63. The van der Waals surface area contributed by atoms with Gasteiger partial charge in [-0.1, -0.05) is 48.5 Å². The summed E-state index contributed by atoms with van der Waals surface area (Å²) < 4.78 is 0. The van der Waals surface area contributed by atoms with Crippen molar-refractivity contribution < 1.29 is 0 Å². The number of hydrogen-bond acceptors (Lipinski definition) is 4. The largest absolute Gasteiger partial charge is 0.359 e. The number of benzene rings is 2. The van der Waals surface area contributed by atoms with Crippen molar-refractivity contribution >= 4 is 5.69 Å². The minimum absolute atomic E-state index is 0.0467. The molecule has 2 N–H and O–H groups in total. The minimum atomic E-state index is -0.0876. The van der Waals surface area contributed by atoms with Gasteiger partial charge in [0.05, 0.1) is 6.04 Å². The van der Waals surface area contributed by atoms with Crippen LogP contribution in [-0.2, 0) is 0 Å². The van der Waals surface area contributed by atoms with Crippen molar-refractivity contribution in [3.63, 3.8) is 0 Å². The Bertz CT molecular complexity index is 762. The second-order valence-electron chi connectivity index (χ2n) is 4.67. The topological polar surface area (TPSA) is 71.6 Å². The molecule has 1 atom stereocenters. The molecule has 4 heteroatoms. The van der Waals surface area contributed by atoms with E-state index in [0.29, 0.717) is 5.82 Å². The van der Waals surface area contributed by atoms with Crippen LogP contribution in [0.15, 0.2) is 66.0 Å². The molecule has 100 valence electrons. The molecule has 0 saturated heterocycles. The van der Waals surface area contributed by atoms with Crippen LogP contribution in [0.4, 0.5) is 5.69 Å². The quantitative estimate of drug-likeness (QED) is 0.783. The number of nitrogens with one attached hydrogen (secondary N) is 2. The first-order valence-corrected chi connectivity index (χ1v) is 6.55. The van der Waals surface area contributed by atoms with Gasteiger partial charge in [-0.2, -0.15) is 10.5 Å². The van der Waals surface area contributed by atoms with Crippen LogP contribution in [0.2, 0.25) is 0 Å². The Hall–Kier alpha value is -3.24. The fraction of sp³-hybridized carbons (Fsp3) is 0.0588. The normalized spacial score (nSPS) is 15.7. The first kappa shape index (κ1) is 12.8. The molecule has 4 nitrogen and oxygen atoms in total. The highest BCUT2D eigenvalue weighted by atomic mass is 15.1. The predicted octanol–water partition coefficient (Wildman–Crippen LogP) is 3.05. The molecule has 0 amide bonds. The maximum Gasteiger partial charge on any atom is 0.169 e. The Morgan fingerprint density at radius 1 is 0.905 bits per heavy atom. The van der Waals surface area contributed by atoms with Crippen LogP contribution < -0.4 is 10.6 Å². The lowest BCUT2D eigenvalue weighted by atomic mass is 9.95. The first-order valence-electron chi connectivity index (χ1n) is 6.55. The number of anilines is 1. The summed E-state index contributed by atoms with van der Waals surface area (Å²) in [4.78, 5) is 0. The van der Waals surface area contributed by atoms with Crippen molar-refractivity contribution in [3.8, 4) is 12.1 Å². The van der Waals surface area contributed by atoms with E-state index in [1.807, 2.05) is 66.7 Å². The van der Waals surface area contributed by atoms with E-state index in [9.17, 15) is 0 Å². The number of rotatable bonds is 1. The fourth-order valence-corrected chi connectivity index (χ4v) is 2.44.